The van der Waals surface area contributed by atoms with Crippen LogP contribution < -0.4 is 0 Å². The predicted octanol–water partition coefficient (Wildman–Crippen LogP) is 4.20. The van der Waals surface area contributed by atoms with Crippen molar-refractivity contribution < 1.29 is 0 Å². The Labute approximate surface area is 90.2 Å². The first kappa shape index (κ1) is 9.07. The van der Waals surface area contributed by atoms with Gasteiger partial charge in [-0.15, -0.1) is 0 Å². The van der Waals surface area contributed by atoms with Gasteiger partial charge in [-0.2, -0.15) is 0 Å². The van der Waals surface area contributed by atoms with Gasteiger partial charge in [0.15, 0.2) is 0 Å². The lowest BCUT2D eigenvalue weighted by atomic mass is 10.2. The van der Waals surface area contributed by atoms with Crippen molar-refractivity contribution in [3.05, 3.63) is 39.5 Å². The number of aromatic nitrogens is 1. The zero-order valence-corrected chi connectivity index (χ0v) is 8.66. The molecule has 0 atom stereocenters. The first-order valence-electron chi connectivity index (χ1n) is 3.59. The number of hydrogen-bond acceptors (Lipinski definition) is 1. The molecule has 0 spiro atoms. The van der Waals surface area contributed by atoms with Crippen molar-refractivity contribution >= 4 is 45.7 Å². The monoisotopic (exact) mass is 231 g/mol. The standard InChI is InChI=1S/C9H4Cl3N/c10-6-2-3-7(11)9-5(6)1-4-8(12)13-9/h1-4H. The Morgan fingerprint density at radius 3 is 2.31 bits per heavy atom. The molecule has 13 heavy (non-hydrogen) atoms. The average molecular weight is 232 g/mol. The number of halogens is 3. The fourth-order valence-electron chi connectivity index (χ4n) is 1.13. The summed E-state index contributed by atoms with van der Waals surface area (Å²) in [5.41, 5.74) is 0.640. The van der Waals surface area contributed by atoms with Gasteiger partial charge >= 0.3 is 0 Å². The van der Waals surface area contributed by atoms with Crippen molar-refractivity contribution in [2.45, 2.75) is 0 Å². The summed E-state index contributed by atoms with van der Waals surface area (Å²) in [4.78, 5) is 4.09. The Balaban J connectivity index is 2.92. The van der Waals surface area contributed by atoms with Gasteiger partial charge in [0, 0.05) is 5.39 Å². The number of pyridine rings is 1. The quantitative estimate of drug-likeness (QED) is 0.621. The lowest BCUT2D eigenvalue weighted by Crippen LogP contribution is -1.81. The molecule has 0 aliphatic carbocycles. The highest BCUT2D eigenvalue weighted by atomic mass is 35.5. The number of rotatable bonds is 0. The molecule has 2 aromatic rings. The predicted molar refractivity (Wildman–Crippen MR) is 56.8 cm³/mol. The van der Waals surface area contributed by atoms with Crippen LogP contribution in [0.5, 0.6) is 0 Å². The van der Waals surface area contributed by atoms with E-state index in [1.807, 2.05) is 0 Å². The van der Waals surface area contributed by atoms with Gasteiger partial charge in [0.25, 0.3) is 0 Å². The minimum absolute atomic E-state index is 0.414. The smallest absolute Gasteiger partial charge is 0.129 e. The Kier molecular flexibility index (Phi) is 2.33. The zero-order chi connectivity index (χ0) is 9.42. The van der Waals surface area contributed by atoms with Gasteiger partial charge in [-0.1, -0.05) is 34.8 Å². The van der Waals surface area contributed by atoms with Crippen molar-refractivity contribution in [1.82, 2.24) is 4.98 Å². The molecule has 0 aliphatic rings. The topological polar surface area (TPSA) is 12.9 Å². The van der Waals surface area contributed by atoms with Crippen LogP contribution in [0.2, 0.25) is 15.2 Å². The first-order chi connectivity index (χ1) is 6.18. The second-order valence-electron chi connectivity index (χ2n) is 2.56. The largest absolute Gasteiger partial charge is 0.234 e. The van der Waals surface area contributed by atoms with Gasteiger partial charge in [-0.25, -0.2) is 4.98 Å². The maximum Gasteiger partial charge on any atom is 0.129 e. The molecule has 0 N–H and O–H groups in total. The molecule has 0 saturated heterocycles. The maximum absolute atomic E-state index is 5.94. The highest BCUT2D eigenvalue weighted by Crippen LogP contribution is 2.29. The van der Waals surface area contributed by atoms with E-state index in [0.29, 0.717) is 20.7 Å². The van der Waals surface area contributed by atoms with Crippen LogP contribution in [0.3, 0.4) is 0 Å². The Morgan fingerprint density at radius 2 is 1.54 bits per heavy atom. The van der Waals surface area contributed by atoms with Crippen molar-refractivity contribution in [3.8, 4) is 0 Å². The number of benzene rings is 1. The Hall–Kier alpha value is -0.500. The van der Waals surface area contributed by atoms with Crippen molar-refractivity contribution in [3.63, 3.8) is 0 Å². The highest BCUT2D eigenvalue weighted by Gasteiger charge is 2.04. The fourth-order valence-corrected chi connectivity index (χ4v) is 1.70. The third-order valence-electron chi connectivity index (χ3n) is 1.72. The molecule has 66 valence electrons. The summed E-state index contributed by atoms with van der Waals surface area (Å²) in [6.45, 7) is 0. The third kappa shape index (κ3) is 1.60. The second kappa shape index (κ2) is 3.33. The molecule has 1 nitrogen and oxygen atoms in total. The zero-order valence-electron chi connectivity index (χ0n) is 6.39. The maximum atomic E-state index is 5.94. The molecule has 0 radical (unpaired) electrons. The first-order valence-corrected chi connectivity index (χ1v) is 4.72. The van der Waals surface area contributed by atoms with E-state index in [4.69, 9.17) is 34.8 Å². The molecule has 0 aliphatic heterocycles. The normalized spacial score (nSPS) is 10.7. The van der Waals surface area contributed by atoms with Gasteiger partial charge in [0.1, 0.15) is 5.15 Å². The Morgan fingerprint density at radius 1 is 0.846 bits per heavy atom. The summed E-state index contributed by atoms with van der Waals surface area (Å²) in [6, 6.07) is 6.93. The lowest BCUT2D eigenvalue weighted by Gasteiger charge is -2.01. The molecule has 4 heteroatoms. The van der Waals surface area contributed by atoms with Crippen LogP contribution in [-0.2, 0) is 0 Å². The van der Waals surface area contributed by atoms with Crippen LogP contribution in [0.25, 0.3) is 10.9 Å². The number of hydrogen-bond donors (Lipinski definition) is 0. The molecule has 1 aromatic carbocycles. The van der Waals surface area contributed by atoms with Crippen LogP contribution >= 0.6 is 34.8 Å². The van der Waals surface area contributed by atoms with Gasteiger partial charge in [-0.3, -0.25) is 0 Å². The van der Waals surface area contributed by atoms with Crippen molar-refractivity contribution in [1.29, 1.82) is 0 Å². The molecule has 0 bridgehead atoms. The minimum Gasteiger partial charge on any atom is -0.234 e. The van der Waals surface area contributed by atoms with Gasteiger partial charge in [-0.05, 0) is 24.3 Å². The lowest BCUT2D eigenvalue weighted by molar-refractivity contribution is 1.41. The molecule has 0 fully saturated rings. The van der Waals surface area contributed by atoms with E-state index in [-0.39, 0.29) is 0 Å². The molecule has 1 aromatic heterocycles. The van der Waals surface area contributed by atoms with Gasteiger partial charge in [0.2, 0.25) is 0 Å². The van der Waals surface area contributed by atoms with Crippen LogP contribution in [0.15, 0.2) is 24.3 Å². The van der Waals surface area contributed by atoms with Crippen LogP contribution in [-0.4, -0.2) is 4.98 Å². The van der Waals surface area contributed by atoms with Gasteiger partial charge < -0.3 is 0 Å². The molecule has 0 amide bonds. The summed E-state index contributed by atoms with van der Waals surface area (Å²) in [6.07, 6.45) is 0. The SMILES string of the molecule is Clc1ccc2c(Cl)ccc(Cl)c2n1. The van der Waals surface area contributed by atoms with E-state index < -0.39 is 0 Å². The van der Waals surface area contributed by atoms with E-state index in [2.05, 4.69) is 4.98 Å². The highest BCUT2D eigenvalue weighted by molar-refractivity contribution is 6.40. The van der Waals surface area contributed by atoms with E-state index in [9.17, 15) is 0 Å². The Bertz CT molecular complexity index is 468. The van der Waals surface area contributed by atoms with Gasteiger partial charge in [0.05, 0.1) is 15.6 Å². The van der Waals surface area contributed by atoms with Crippen LogP contribution in [0.4, 0.5) is 0 Å². The van der Waals surface area contributed by atoms with E-state index in [0.717, 1.165) is 5.39 Å². The van der Waals surface area contributed by atoms with Crippen molar-refractivity contribution in [2.24, 2.45) is 0 Å². The summed E-state index contributed by atoms with van der Waals surface area (Å²) < 4.78 is 0. The van der Waals surface area contributed by atoms with Crippen LogP contribution in [0.1, 0.15) is 0 Å². The summed E-state index contributed by atoms with van der Waals surface area (Å²) in [5, 5.41) is 2.42. The third-order valence-corrected chi connectivity index (χ3v) is 2.57. The average Bonchev–Trinajstić information content (AvgIpc) is 2.12. The molecule has 0 saturated carbocycles. The summed E-state index contributed by atoms with van der Waals surface area (Å²) >= 11 is 17.6. The molecular weight excluding hydrogens is 228 g/mol. The van der Waals surface area contributed by atoms with E-state index in [1.54, 1.807) is 24.3 Å². The van der Waals surface area contributed by atoms with E-state index >= 15 is 0 Å². The van der Waals surface area contributed by atoms with Crippen LogP contribution in [0, 0.1) is 0 Å². The minimum atomic E-state index is 0.414. The number of fused-ring (bicyclic) bond motifs is 1. The summed E-state index contributed by atoms with van der Waals surface area (Å²) in [5.74, 6) is 0. The second-order valence-corrected chi connectivity index (χ2v) is 3.76. The van der Waals surface area contributed by atoms with Crippen molar-refractivity contribution in [2.75, 3.05) is 0 Å². The molecule has 0 unspecified atom stereocenters. The molecular formula is C9H4Cl3N. The van der Waals surface area contributed by atoms with E-state index in [1.165, 1.54) is 0 Å². The fraction of sp³-hybridized carbons (Fsp3) is 0. The molecule has 1 heterocycles. The summed E-state index contributed by atoms with van der Waals surface area (Å²) in [7, 11) is 0. The number of nitrogens with zero attached hydrogens (tertiary/aromatic N) is 1. The molecule has 2 rings (SSSR count).